The number of thiophene rings is 1. The Hall–Kier alpha value is -1.10. The van der Waals surface area contributed by atoms with Crippen LogP contribution in [0.5, 0.6) is 5.75 Å². The molecule has 0 N–H and O–H groups in total. The van der Waals surface area contributed by atoms with Gasteiger partial charge in [-0.15, -0.1) is 11.3 Å². The van der Waals surface area contributed by atoms with Crippen LogP contribution in [-0.2, 0) is 6.54 Å². The van der Waals surface area contributed by atoms with Crippen molar-refractivity contribution in [2.45, 2.75) is 6.54 Å². The molecule has 2 nitrogen and oxygen atoms in total. The van der Waals surface area contributed by atoms with E-state index >= 15 is 0 Å². The van der Waals surface area contributed by atoms with Crippen molar-refractivity contribution in [3.05, 3.63) is 51.4 Å². The zero-order valence-corrected chi connectivity index (χ0v) is 12.2. The highest BCUT2D eigenvalue weighted by Crippen LogP contribution is 2.22. The van der Waals surface area contributed by atoms with Crippen LogP contribution < -0.4 is 4.74 Å². The second-order valence-corrected chi connectivity index (χ2v) is 6.05. The Kier molecular flexibility index (Phi) is 5.19. The Morgan fingerprint density at radius 2 is 1.95 bits per heavy atom. The van der Waals surface area contributed by atoms with Crippen LogP contribution in [0.25, 0.3) is 0 Å². The van der Waals surface area contributed by atoms with Gasteiger partial charge in [0.2, 0.25) is 0 Å². The van der Waals surface area contributed by atoms with E-state index in [4.69, 9.17) is 16.3 Å². The predicted octanol–water partition coefficient (Wildman–Crippen LogP) is 4.05. The molecule has 19 heavy (non-hydrogen) atoms. The number of likely N-dealkylation sites (N-methyl/N-ethyl adjacent to an activating group) is 1. The summed E-state index contributed by atoms with van der Waals surface area (Å²) in [7, 11) is 2.03. The minimum atomic E-state index is -0.251. The molecule has 0 saturated carbocycles. The Balaban J connectivity index is 1.71. The average Bonchev–Trinajstić information content (AvgIpc) is 2.77. The third kappa shape index (κ3) is 4.82. The minimum Gasteiger partial charge on any atom is -0.492 e. The predicted molar refractivity (Wildman–Crippen MR) is 77.6 cm³/mol. The van der Waals surface area contributed by atoms with Gasteiger partial charge in [0.15, 0.2) is 0 Å². The van der Waals surface area contributed by atoms with Crippen LogP contribution in [0.2, 0.25) is 4.34 Å². The standard InChI is InChI=1S/C14H15ClFNOS/c1-17(10-13-6-7-14(15)19-13)8-9-18-12-4-2-11(16)3-5-12/h2-7H,8-10H2,1H3. The number of benzene rings is 1. The number of rotatable bonds is 6. The van der Waals surface area contributed by atoms with Crippen molar-refractivity contribution < 1.29 is 9.13 Å². The Morgan fingerprint density at radius 3 is 2.58 bits per heavy atom. The molecule has 2 aromatic rings. The lowest BCUT2D eigenvalue weighted by atomic mass is 10.3. The van der Waals surface area contributed by atoms with E-state index in [1.807, 2.05) is 19.2 Å². The highest BCUT2D eigenvalue weighted by atomic mass is 35.5. The quantitative estimate of drug-likeness (QED) is 0.798. The Bertz CT molecular complexity index is 514. The molecule has 1 aromatic carbocycles. The maximum atomic E-state index is 12.7. The van der Waals surface area contributed by atoms with E-state index in [0.29, 0.717) is 12.4 Å². The van der Waals surface area contributed by atoms with Crippen LogP contribution in [0, 0.1) is 5.82 Å². The molecule has 0 amide bonds. The normalized spacial score (nSPS) is 10.9. The molecule has 0 aliphatic rings. The minimum absolute atomic E-state index is 0.251. The molecule has 1 heterocycles. The van der Waals surface area contributed by atoms with Crippen molar-refractivity contribution >= 4 is 22.9 Å². The number of ether oxygens (including phenoxy) is 1. The molecule has 0 radical (unpaired) electrons. The molecule has 0 spiro atoms. The summed E-state index contributed by atoms with van der Waals surface area (Å²) in [6.07, 6.45) is 0. The lowest BCUT2D eigenvalue weighted by Gasteiger charge is -2.15. The highest BCUT2D eigenvalue weighted by molar-refractivity contribution is 7.16. The van der Waals surface area contributed by atoms with E-state index in [1.165, 1.54) is 17.0 Å². The maximum Gasteiger partial charge on any atom is 0.123 e. The molecule has 0 aliphatic heterocycles. The zero-order valence-electron chi connectivity index (χ0n) is 10.6. The zero-order chi connectivity index (χ0) is 13.7. The summed E-state index contributed by atoms with van der Waals surface area (Å²) in [5.41, 5.74) is 0. The Morgan fingerprint density at radius 1 is 1.21 bits per heavy atom. The SMILES string of the molecule is CN(CCOc1ccc(F)cc1)Cc1ccc(Cl)s1. The number of nitrogens with zero attached hydrogens (tertiary/aromatic N) is 1. The molecule has 5 heteroatoms. The van der Waals surface area contributed by atoms with Crippen LogP contribution >= 0.6 is 22.9 Å². The molecule has 0 atom stereocenters. The summed E-state index contributed by atoms with van der Waals surface area (Å²) in [4.78, 5) is 3.39. The van der Waals surface area contributed by atoms with Gasteiger partial charge in [-0.2, -0.15) is 0 Å². The van der Waals surface area contributed by atoms with Crippen molar-refractivity contribution in [2.24, 2.45) is 0 Å². The first-order chi connectivity index (χ1) is 9.13. The fourth-order valence-electron chi connectivity index (χ4n) is 1.63. The van der Waals surface area contributed by atoms with Crippen LogP contribution in [0.3, 0.4) is 0 Å². The van der Waals surface area contributed by atoms with Crippen LogP contribution in [0.4, 0.5) is 4.39 Å². The first-order valence-electron chi connectivity index (χ1n) is 5.94. The lowest BCUT2D eigenvalue weighted by Crippen LogP contribution is -2.23. The molecule has 0 unspecified atom stereocenters. The van der Waals surface area contributed by atoms with E-state index in [-0.39, 0.29) is 5.82 Å². The molecule has 102 valence electrons. The lowest BCUT2D eigenvalue weighted by molar-refractivity contribution is 0.234. The third-order valence-electron chi connectivity index (χ3n) is 2.61. The van der Waals surface area contributed by atoms with E-state index < -0.39 is 0 Å². The first-order valence-corrected chi connectivity index (χ1v) is 7.14. The van der Waals surface area contributed by atoms with Gasteiger partial charge < -0.3 is 4.74 Å². The molecule has 0 fully saturated rings. The van der Waals surface area contributed by atoms with Crippen molar-refractivity contribution in [3.63, 3.8) is 0 Å². The fourth-order valence-corrected chi connectivity index (χ4v) is 2.80. The average molecular weight is 300 g/mol. The number of hydrogen-bond acceptors (Lipinski definition) is 3. The van der Waals surface area contributed by atoms with Crippen molar-refractivity contribution in [2.75, 3.05) is 20.2 Å². The maximum absolute atomic E-state index is 12.7. The molecule has 1 aromatic heterocycles. The molecular formula is C14H15ClFNOS. The smallest absolute Gasteiger partial charge is 0.123 e. The van der Waals surface area contributed by atoms with Gasteiger partial charge in [0.25, 0.3) is 0 Å². The largest absolute Gasteiger partial charge is 0.492 e. The van der Waals surface area contributed by atoms with Crippen LogP contribution in [0.15, 0.2) is 36.4 Å². The summed E-state index contributed by atoms with van der Waals surface area (Å²) in [6, 6.07) is 10.00. The highest BCUT2D eigenvalue weighted by Gasteiger charge is 2.03. The van der Waals surface area contributed by atoms with Gasteiger partial charge in [-0.1, -0.05) is 11.6 Å². The molecular weight excluding hydrogens is 285 g/mol. The monoisotopic (exact) mass is 299 g/mol. The van der Waals surface area contributed by atoms with E-state index in [9.17, 15) is 4.39 Å². The third-order valence-corrected chi connectivity index (χ3v) is 3.83. The summed E-state index contributed by atoms with van der Waals surface area (Å²) in [6.45, 7) is 2.22. The Labute approximate surface area is 121 Å². The van der Waals surface area contributed by atoms with Gasteiger partial charge in [-0.3, -0.25) is 4.90 Å². The van der Waals surface area contributed by atoms with Gasteiger partial charge in [0.05, 0.1) is 4.34 Å². The number of halogens is 2. The molecule has 0 bridgehead atoms. The van der Waals surface area contributed by atoms with Gasteiger partial charge in [0.1, 0.15) is 18.2 Å². The van der Waals surface area contributed by atoms with Crippen molar-refractivity contribution in [3.8, 4) is 5.75 Å². The molecule has 0 saturated heterocycles. The first kappa shape index (κ1) is 14.3. The topological polar surface area (TPSA) is 12.5 Å². The number of hydrogen-bond donors (Lipinski definition) is 0. The van der Waals surface area contributed by atoms with Crippen LogP contribution in [0.1, 0.15) is 4.88 Å². The summed E-state index contributed by atoms with van der Waals surface area (Å²) in [5.74, 6) is 0.438. The van der Waals surface area contributed by atoms with Gasteiger partial charge in [0, 0.05) is 18.0 Å². The molecule has 2 rings (SSSR count). The van der Waals surface area contributed by atoms with Gasteiger partial charge >= 0.3 is 0 Å². The summed E-state index contributed by atoms with van der Waals surface area (Å²) >= 11 is 7.47. The van der Waals surface area contributed by atoms with E-state index in [0.717, 1.165) is 17.4 Å². The van der Waals surface area contributed by atoms with Gasteiger partial charge in [-0.25, -0.2) is 4.39 Å². The fraction of sp³-hybridized carbons (Fsp3) is 0.286. The summed E-state index contributed by atoms with van der Waals surface area (Å²) < 4.78 is 19.1. The second-order valence-electron chi connectivity index (χ2n) is 4.25. The van der Waals surface area contributed by atoms with E-state index in [2.05, 4.69) is 4.90 Å². The van der Waals surface area contributed by atoms with Gasteiger partial charge in [-0.05, 0) is 43.4 Å². The van der Waals surface area contributed by atoms with Crippen molar-refractivity contribution in [1.82, 2.24) is 4.90 Å². The summed E-state index contributed by atoms with van der Waals surface area (Å²) in [5, 5.41) is 0. The second kappa shape index (κ2) is 6.89. The van der Waals surface area contributed by atoms with E-state index in [1.54, 1.807) is 23.5 Å². The van der Waals surface area contributed by atoms with Crippen molar-refractivity contribution in [1.29, 1.82) is 0 Å². The van der Waals surface area contributed by atoms with Crippen LogP contribution in [-0.4, -0.2) is 25.1 Å². The molecule has 0 aliphatic carbocycles.